The van der Waals surface area contributed by atoms with Crippen LogP contribution in [0, 0.1) is 5.82 Å². The smallest absolute Gasteiger partial charge is 0.263 e. The third-order valence-electron chi connectivity index (χ3n) is 7.68. The van der Waals surface area contributed by atoms with Crippen molar-refractivity contribution < 1.29 is 13.9 Å². The number of hydrogen-bond acceptors (Lipinski definition) is 7. The number of carbonyl (C=O) groups excluding carboxylic acids is 1. The van der Waals surface area contributed by atoms with Gasteiger partial charge in [-0.05, 0) is 79.6 Å². The van der Waals surface area contributed by atoms with Crippen LogP contribution in [0.4, 0.5) is 10.2 Å². The molecule has 1 atom stereocenters. The number of anilines is 1. The summed E-state index contributed by atoms with van der Waals surface area (Å²) in [6, 6.07) is 10.1. The van der Waals surface area contributed by atoms with Crippen LogP contribution in [0.3, 0.4) is 0 Å². The monoisotopic (exact) mass is 571 g/mol. The lowest BCUT2D eigenvalue weighted by Crippen LogP contribution is -2.32. The Kier molecular flexibility index (Phi) is 7.70. The number of benzene rings is 1. The van der Waals surface area contributed by atoms with Crippen molar-refractivity contribution in [3.05, 3.63) is 81.9 Å². The van der Waals surface area contributed by atoms with Crippen LogP contribution in [0.15, 0.2) is 53.7 Å². The van der Waals surface area contributed by atoms with Crippen LogP contribution >= 0.6 is 0 Å². The molecule has 1 aromatic carbocycles. The molecule has 42 heavy (non-hydrogen) atoms. The predicted molar refractivity (Wildman–Crippen MR) is 157 cm³/mol. The SMILES string of the molecule is COC[C@@H](C)NCc1cc(C(=O)Nc2cc(-c3ccc(F)cc3-c3nncn3C)cc(C3CC3)n2)c(=O)n(C2CC2)c1. The summed E-state index contributed by atoms with van der Waals surface area (Å²) >= 11 is 0. The summed E-state index contributed by atoms with van der Waals surface area (Å²) < 4.78 is 23.0. The fraction of sp³-hybridized carbons (Fsp3) is 0.387. The van der Waals surface area contributed by atoms with Gasteiger partial charge in [0.05, 0.1) is 6.61 Å². The van der Waals surface area contributed by atoms with E-state index < -0.39 is 5.91 Å². The number of halogens is 1. The van der Waals surface area contributed by atoms with Gasteiger partial charge in [0.2, 0.25) is 0 Å². The number of rotatable bonds is 11. The van der Waals surface area contributed by atoms with Gasteiger partial charge in [-0.1, -0.05) is 6.07 Å². The zero-order valence-corrected chi connectivity index (χ0v) is 23.9. The van der Waals surface area contributed by atoms with Crippen LogP contribution in [0.1, 0.15) is 66.2 Å². The Labute approximate surface area is 243 Å². The van der Waals surface area contributed by atoms with Gasteiger partial charge in [0, 0.05) is 56.2 Å². The molecular formula is C31H34FN7O3. The number of ether oxygens (including phenoxy) is 1. The molecule has 3 aromatic heterocycles. The number of aromatic nitrogens is 5. The first-order chi connectivity index (χ1) is 20.3. The van der Waals surface area contributed by atoms with Crippen molar-refractivity contribution in [1.29, 1.82) is 0 Å². The van der Waals surface area contributed by atoms with E-state index in [2.05, 4.69) is 20.8 Å². The molecule has 2 N–H and O–H groups in total. The summed E-state index contributed by atoms with van der Waals surface area (Å²) in [6.45, 7) is 3.06. The fourth-order valence-corrected chi connectivity index (χ4v) is 5.17. The van der Waals surface area contributed by atoms with Crippen LogP contribution in [0.5, 0.6) is 0 Å². The van der Waals surface area contributed by atoms with Crippen LogP contribution in [-0.4, -0.2) is 50.0 Å². The van der Waals surface area contributed by atoms with Crippen molar-refractivity contribution in [2.75, 3.05) is 19.0 Å². The van der Waals surface area contributed by atoms with Crippen molar-refractivity contribution in [1.82, 2.24) is 29.6 Å². The second-order valence-corrected chi connectivity index (χ2v) is 11.3. The van der Waals surface area contributed by atoms with Crippen LogP contribution < -0.4 is 16.2 Å². The summed E-state index contributed by atoms with van der Waals surface area (Å²) in [5, 5.41) is 14.4. The molecule has 11 heteroatoms. The van der Waals surface area contributed by atoms with Gasteiger partial charge in [0.25, 0.3) is 11.5 Å². The van der Waals surface area contributed by atoms with E-state index in [0.29, 0.717) is 30.4 Å². The van der Waals surface area contributed by atoms with E-state index in [1.54, 1.807) is 47.8 Å². The Morgan fingerprint density at radius 1 is 1.14 bits per heavy atom. The van der Waals surface area contributed by atoms with Crippen molar-refractivity contribution in [2.24, 2.45) is 7.05 Å². The number of amides is 1. The molecule has 0 unspecified atom stereocenters. The molecule has 0 saturated heterocycles. The first-order valence-electron chi connectivity index (χ1n) is 14.3. The van der Waals surface area contributed by atoms with E-state index in [1.165, 1.54) is 12.1 Å². The summed E-state index contributed by atoms with van der Waals surface area (Å²) in [7, 11) is 3.45. The minimum Gasteiger partial charge on any atom is -0.383 e. The lowest BCUT2D eigenvalue weighted by Gasteiger charge is -2.16. The van der Waals surface area contributed by atoms with Gasteiger partial charge in [-0.15, -0.1) is 10.2 Å². The van der Waals surface area contributed by atoms with Crippen LogP contribution in [0.2, 0.25) is 0 Å². The van der Waals surface area contributed by atoms with E-state index >= 15 is 0 Å². The molecule has 0 spiro atoms. The molecule has 0 radical (unpaired) electrons. The number of hydrogen-bond donors (Lipinski definition) is 2. The normalized spacial score (nSPS) is 15.5. The molecular weight excluding hydrogens is 537 g/mol. The van der Waals surface area contributed by atoms with Crippen molar-refractivity contribution in [2.45, 2.75) is 57.2 Å². The Morgan fingerprint density at radius 2 is 1.95 bits per heavy atom. The van der Waals surface area contributed by atoms with Gasteiger partial charge in [-0.3, -0.25) is 9.59 Å². The summed E-state index contributed by atoms with van der Waals surface area (Å²) in [5.41, 5.74) is 3.52. The summed E-state index contributed by atoms with van der Waals surface area (Å²) in [5.74, 6) is 0.239. The number of nitrogens with one attached hydrogen (secondary N) is 2. The number of pyridine rings is 2. The van der Waals surface area contributed by atoms with E-state index in [9.17, 15) is 14.0 Å². The maximum atomic E-state index is 14.4. The van der Waals surface area contributed by atoms with E-state index in [-0.39, 0.29) is 34.9 Å². The van der Waals surface area contributed by atoms with Gasteiger partial charge in [-0.2, -0.15) is 0 Å². The maximum Gasteiger partial charge on any atom is 0.263 e. The van der Waals surface area contributed by atoms with Crippen molar-refractivity contribution >= 4 is 11.7 Å². The second kappa shape index (κ2) is 11.6. The standard InChI is InChI=1S/C31H34FN7O3/c1-18(16-42-3)33-14-19-10-26(31(41)39(15-19)23-7-8-23)30(40)36-28-12-21(11-27(35-28)20-4-5-20)24-9-6-22(32)13-25(24)29-37-34-17-38(29)2/h6,9-13,15,17-18,20,23,33H,4-5,7-8,14,16H2,1-3H3,(H,35,36,40)/t18-/m1/s1. The molecule has 218 valence electrons. The molecule has 3 heterocycles. The zero-order valence-electron chi connectivity index (χ0n) is 23.9. The molecule has 1 amide bonds. The molecule has 2 fully saturated rings. The topological polar surface area (TPSA) is 116 Å². The predicted octanol–water partition coefficient (Wildman–Crippen LogP) is 4.43. The number of methoxy groups -OCH3 is 1. The van der Waals surface area contributed by atoms with Crippen LogP contribution in [0.25, 0.3) is 22.5 Å². The highest BCUT2D eigenvalue weighted by Gasteiger charge is 2.29. The average Bonchev–Trinajstić information content (AvgIpc) is 3.90. The summed E-state index contributed by atoms with van der Waals surface area (Å²) in [6.07, 6.45) is 7.25. The van der Waals surface area contributed by atoms with Gasteiger partial charge in [0.1, 0.15) is 23.5 Å². The molecule has 6 rings (SSSR count). The number of aryl methyl sites for hydroxylation is 1. The first-order valence-corrected chi connectivity index (χ1v) is 14.3. The fourth-order valence-electron chi connectivity index (χ4n) is 5.17. The largest absolute Gasteiger partial charge is 0.383 e. The Morgan fingerprint density at radius 3 is 2.64 bits per heavy atom. The Balaban J connectivity index is 1.35. The van der Waals surface area contributed by atoms with Crippen LogP contribution in [-0.2, 0) is 18.3 Å². The molecule has 2 aliphatic carbocycles. The van der Waals surface area contributed by atoms with Gasteiger partial charge < -0.3 is 24.5 Å². The zero-order chi connectivity index (χ0) is 29.4. The molecule has 2 saturated carbocycles. The number of nitrogens with zero attached hydrogens (tertiary/aromatic N) is 5. The highest BCUT2D eigenvalue weighted by molar-refractivity contribution is 6.04. The maximum absolute atomic E-state index is 14.4. The van der Waals surface area contributed by atoms with E-state index in [4.69, 9.17) is 9.72 Å². The minimum absolute atomic E-state index is 0.0716. The third-order valence-corrected chi connectivity index (χ3v) is 7.68. The van der Waals surface area contributed by atoms with Crippen molar-refractivity contribution in [3.63, 3.8) is 0 Å². The summed E-state index contributed by atoms with van der Waals surface area (Å²) in [4.78, 5) is 31.8. The lowest BCUT2D eigenvalue weighted by atomic mass is 9.98. The van der Waals surface area contributed by atoms with E-state index in [0.717, 1.165) is 48.1 Å². The first kappa shape index (κ1) is 27.9. The average molecular weight is 572 g/mol. The van der Waals surface area contributed by atoms with Gasteiger partial charge >= 0.3 is 0 Å². The minimum atomic E-state index is -0.514. The third kappa shape index (κ3) is 6.02. The molecule has 4 aromatic rings. The quantitative estimate of drug-likeness (QED) is 0.274. The molecule has 2 aliphatic rings. The molecule has 0 bridgehead atoms. The second-order valence-electron chi connectivity index (χ2n) is 11.3. The highest BCUT2D eigenvalue weighted by Crippen LogP contribution is 2.42. The van der Waals surface area contributed by atoms with Gasteiger partial charge in [0.15, 0.2) is 5.82 Å². The molecule has 10 nitrogen and oxygen atoms in total. The Bertz CT molecular complexity index is 1690. The Hall–Kier alpha value is -4.22. The highest BCUT2D eigenvalue weighted by atomic mass is 19.1. The molecule has 0 aliphatic heterocycles. The van der Waals surface area contributed by atoms with Crippen molar-refractivity contribution in [3.8, 4) is 22.5 Å². The number of carbonyl (C=O) groups is 1. The van der Waals surface area contributed by atoms with E-state index in [1.807, 2.05) is 19.2 Å². The van der Waals surface area contributed by atoms with Gasteiger partial charge in [-0.25, -0.2) is 9.37 Å². The lowest BCUT2D eigenvalue weighted by molar-refractivity contribution is 0.102.